The molecule has 22 heavy (non-hydrogen) atoms. The molecule has 4 aliphatic rings. The lowest BCUT2D eigenvalue weighted by Crippen LogP contribution is -2.49. The highest BCUT2D eigenvalue weighted by atomic mass is 16.7. The van der Waals surface area contributed by atoms with E-state index in [0.29, 0.717) is 23.0 Å². The maximum atomic E-state index is 12.1. The van der Waals surface area contributed by atoms with Crippen molar-refractivity contribution in [3.05, 3.63) is 11.1 Å². The van der Waals surface area contributed by atoms with Gasteiger partial charge in [-0.2, -0.15) is 0 Å². The van der Waals surface area contributed by atoms with Gasteiger partial charge in [-0.15, -0.1) is 0 Å². The van der Waals surface area contributed by atoms with E-state index in [1.807, 2.05) is 13.8 Å². The molecule has 0 aromatic carbocycles. The monoisotopic (exact) mass is 304 g/mol. The van der Waals surface area contributed by atoms with Gasteiger partial charge in [0, 0.05) is 6.42 Å². The van der Waals surface area contributed by atoms with Gasteiger partial charge in [-0.25, -0.2) is 0 Å². The van der Waals surface area contributed by atoms with E-state index in [-0.39, 0.29) is 12.2 Å². The number of hydrogen-bond donors (Lipinski definition) is 0. The molecule has 0 bridgehead atoms. The third-order valence-electron chi connectivity index (χ3n) is 6.82. The Balaban J connectivity index is 1.66. The number of ether oxygens (including phenoxy) is 2. The molecule has 3 aliphatic carbocycles. The molecule has 3 heteroatoms. The molecule has 0 aromatic heterocycles. The molecular formula is C19H28O3. The Labute approximate surface area is 133 Å². The predicted molar refractivity (Wildman–Crippen MR) is 84.3 cm³/mol. The van der Waals surface area contributed by atoms with Gasteiger partial charge in [-0.1, -0.05) is 12.5 Å². The predicted octanol–water partition coefficient (Wildman–Crippen LogP) is 4.01. The minimum absolute atomic E-state index is 0.241. The Bertz CT molecular complexity index is 547. The Hall–Kier alpha value is -0.670. The molecule has 0 N–H and O–H groups in total. The normalized spacial score (nSPS) is 47.0. The summed E-state index contributed by atoms with van der Waals surface area (Å²) in [6, 6.07) is 0. The summed E-state index contributed by atoms with van der Waals surface area (Å²) in [7, 11) is 0. The molecule has 4 rings (SSSR count). The summed E-state index contributed by atoms with van der Waals surface area (Å²) in [6.07, 6.45) is 6.80. The lowest BCUT2D eigenvalue weighted by atomic mass is 9.52. The molecule has 0 amide bonds. The number of ketones is 1. The van der Waals surface area contributed by atoms with Crippen LogP contribution in [-0.2, 0) is 14.3 Å². The molecule has 0 aromatic rings. The van der Waals surface area contributed by atoms with Gasteiger partial charge in [0.15, 0.2) is 11.6 Å². The third-order valence-corrected chi connectivity index (χ3v) is 6.82. The zero-order valence-electron chi connectivity index (χ0n) is 14.3. The van der Waals surface area contributed by atoms with Crippen LogP contribution in [0.4, 0.5) is 0 Å². The SMILES string of the molecule is CC1=C2CC[C@]3(C)C[C@@H]4OC(C)(C)O[C@@H]4C[C@H]3[C@H]2CCC1=O. The van der Waals surface area contributed by atoms with Crippen molar-refractivity contribution in [2.24, 2.45) is 17.3 Å². The Morgan fingerprint density at radius 3 is 2.59 bits per heavy atom. The lowest BCUT2D eigenvalue weighted by Gasteiger charge is -2.53. The first-order valence-corrected chi connectivity index (χ1v) is 8.88. The van der Waals surface area contributed by atoms with E-state index in [9.17, 15) is 4.79 Å². The minimum atomic E-state index is -0.434. The number of allylic oxidation sites excluding steroid dienone is 2. The number of carbonyl (C=O) groups is 1. The highest BCUT2D eigenvalue weighted by Crippen LogP contribution is 2.59. The van der Waals surface area contributed by atoms with Crippen LogP contribution in [0.5, 0.6) is 0 Å². The minimum Gasteiger partial charge on any atom is -0.345 e. The van der Waals surface area contributed by atoms with Gasteiger partial charge in [-0.05, 0) is 75.7 Å². The summed E-state index contributed by atoms with van der Waals surface area (Å²) in [5.41, 5.74) is 2.89. The number of Topliss-reactive ketones (excluding diaryl/α,β-unsaturated/α-hetero) is 1. The van der Waals surface area contributed by atoms with Gasteiger partial charge >= 0.3 is 0 Å². The van der Waals surface area contributed by atoms with Gasteiger partial charge in [-0.3, -0.25) is 4.79 Å². The second kappa shape index (κ2) is 4.67. The molecule has 3 fully saturated rings. The fraction of sp³-hybridized carbons (Fsp3) is 0.842. The largest absolute Gasteiger partial charge is 0.345 e. The van der Waals surface area contributed by atoms with Crippen molar-refractivity contribution in [3.63, 3.8) is 0 Å². The molecule has 122 valence electrons. The Morgan fingerprint density at radius 2 is 1.82 bits per heavy atom. The molecule has 1 aliphatic heterocycles. The van der Waals surface area contributed by atoms with Crippen molar-refractivity contribution in [1.82, 2.24) is 0 Å². The third kappa shape index (κ3) is 2.12. The summed E-state index contributed by atoms with van der Waals surface area (Å²) in [5.74, 6) is 1.20. The molecule has 0 unspecified atom stereocenters. The molecule has 1 heterocycles. The number of fused-ring (bicyclic) bond motifs is 4. The first kappa shape index (κ1) is 14.9. The van der Waals surface area contributed by atoms with Gasteiger partial charge in [0.1, 0.15) is 0 Å². The van der Waals surface area contributed by atoms with Gasteiger partial charge in [0.2, 0.25) is 0 Å². The maximum absolute atomic E-state index is 12.1. The standard InChI is InChI=1S/C19H28O3/c1-11-12-7-8-19(4)10-17-16(21-18(2,3)22-17)9-14(19)13(12)5-6-15(11)20/h13-14,16-17H,5-10H2,1-4H3/t13-,14-,16+,17-,19+/m0/s1. The number of carbonyl (C=O) groups excluding carboxylic acids is 1. The maximum Gasteiger partial charge on any atom is 0.163 e. The summed E-state index contributed by atoms with van der Waals surface area (Å²) >= 11 is 0. The van der Waals surface area contributed by atoms with E-state index >= 15 is 0 Å². The summed E-state index contributed by atoms with van der Waals surface area (Å²) in [5, 5.41) is 0. The van der Waals surface area contributed by atoms with E-state index in [2.05, 4.69) is 13.8 Å². The van der Waals surface area contributed by atoms with Crippen LogP contribution in [0.25, 0.3) is 0 Å². The average molecular weight is 304 g/mol. The van der Waals surface area contributed by atoms with Crippen LogP contribution in [-0.4, -0.2) is 23.8 Å². The van der Waals surface area contributed by atoms with E-state index in [0.717, 1.165) is 37.7 Å². The van der Waals surface area contributed by atoms with Crippen molar-refractivity contribution in [2.45, 2.75) is 84.2 Å². The summed E-state index contributed by atoms with van der Waals surface area (Å²) in [4.78, 5) is 12.1. The molecule has 1 saturated heterocycles. The van der Waals surface area contributed by atoms with Crippen molar-refractivity contribution in [2.75, 3.05) is 0 Å². The van der Waals surface area contributed by atoms with Crippen molar-refractivity contribution in [3.8, 4) is 0 Å². The lowest BCUT2D eigenvalue weighted by molar-refractivity contribution is -0.146. The Morgan fingerprint density at radius 1 is 1.09 bits per heavy atom. The van der Waals surface area contributed by atoms with Gasteiger partial charge in [0.05, 0.1) is 12.2 Å². The first-order chi connectivity index (χ1) is 10.3. The van der Waals surface area contributed by atoms with Gasteiger partial charge in [0.25, 0.3) is 0 Å². The van der Waals surface area contributed by atoms with E-state index in [1.54, 1.807) is 0 Å². The second-order valence-electron chi connectivity index (χ2n) is 8.63. The van der Waals surface area contributed by atoms with E-state index in [1.165, 1.54) is 12.0 Å². The molecule has 3 nitrogen and oxygen atoms in total. The van der Waals surface area contributed by atoms with Crippen LogP contribution >= 0.6 is 0 Å². The second-order valence-corrected chi connectivity index (χ2v) is 8.63. The van der Waals surface area contributed by atoms with Crippen LogP contribution in [0.2, 0.25) is 0 Å². The van der Waals surface area contributed by atoms with Crippen LogP contribution < -0.4 is 0 Å². The zero-order chi connectivity index (χ0) is 15.7. The molecular weight excluding hydrogens is 276 g/mol. The first-order valence-electron chi connectivity index (χ1n) is 8.88. The highest BCUT2D eigenvalue weighted by Gasteiger charge is 2.56. The quantitative estimate of drug-likeness (QED) is 0.678. The van der Waals surface area contributed by atoms with Crippen molar-refractivity contribution >= 4 is 5.78 Å². The number of hydrogen-bond acceptors (Lipinski definition) is 3. The van der Waals surface area contributed by atoms with Crippen LogP contribution in [0.3, 0.4) is 0 Å². The average Bonchev–Trinajstić information content (AvgIpc) is 2.72. The molecule has 0 spiro atoms. The van der Waals surface area contributed by atoms with Crippen LogP contribution in [0.1, 0.15) is 66.2 Å². The molecule has 5 atom stereocenters. The van der Waals surface area contributed by atoms with E-state index < -0.39 is 5.79 Å². The van der Waals surface area contributed by atoms with E-state index in [4.69, 9.17) is 9.47 Å². The summed E-state index contributed by atoms with van der Waals surface area (Å²) < 4.78 is 12.3. The zero-order valence-corrected chi connectivity index (χ0v) is 14.3. The fourth-order valence-electron chi connectivity index (χ4n) is 5.71. The van der Waals surface area contributed by atoms with Crippen molar-refractivity contribution < 1.29 is 14.3 Å². The summed E-state index contributed by atoms with van der Waals surface area (Å²) in [6.45, 7) is 8.57. The van der Waals surface area contributed by atoms with Crippen molar-refractivity contribution in [1.29, 1.82) is 0 Å². The molecule has 0 radical (unpaired) electrons. The van der Waals surface area contributed by atoms with Gasteiger partial charge < -0.3 is 9.47 Å². The smallest absolute Gasteiger partial charge is 0.163 e. The van der Waals surface area contributed by atoms with Crippen LogP contribution in [0, 0.1) is 17.3 Å². The molecule has 2 saturated carbocycles. The highest BCUT2D eigenvalue weighted by molar-refractivity contribution is 5.96. The fourth-order valence-corrected chi connectivity index (χ4v) is 5.71. The number of rotatable bonds is 0. The Kier molecular flexibility index (Phi) is 3.16. The van der Waals surface area contributed by atoms with Crippen LogP contribution in [0.15, 0.2) is 11.1 Å². The topological polar surface area (TPSA) is 35.5 Å².